The number of benzene rings is 1. The van der Waals surface area contributed by atoms with Gasteiger partial charge in [0.2, 0.25) is 5.65 Å². The highest BCUT2D eigenvalue weighted by atomic mass is 32.2. The van der Waals surface area contributed by atoms with Crippen molar-refractivity contribution in [3.05, 3.63) is 58.5 Å². The molecule has 0 bridgehead atoms. The van der Waals surface area contributed by atoms with Crippen molar-refractivity contribution in [3.8, 4) is 0 Å². The summed E-state index contributed by atoms with van der Waals surface area (Å²) in [6, 6.07) is 7.61. The number of imidazole rings is 1. The van der Waals surface area contributed by atoms with E-state index in [4.69, 9.17) is 0 Å². The molecule has 25 heavy (non-hydrogen) atoms. The van der Waals surface area contributed by atoms with Gasteiger partial charge in [-0.25, -0.2) is 17.8 Å². The number of halogens is 1. The summed E-state index contributed by atoms with van der Waals surface area (Å²) < 4.78 is 38.2. The van der Waals surface area contributed by atoms with Crippen molar-refractivity contribution >= 4 is 27.1 Å². The lowest BCUT2D eigenvalue weighted by atomic mass is 10.4. The van der Waals surface area contributed by atoms with Gasteiger partial charge in [-0.15, -0.1) is 0 Å². The quantitative estimate of drug-likeness (QED) is 0.401. The van der Waals surface area contributed by atoms with Crippen LogP contribution < -0.4 is 5.32 Å². The number of rotatable bonds is 6. The summed E-state index contributed by atoms with van der Waals surface area (Å²) in [7, 11) is -3.58. The van der Waals surface area contributed by atoms with E-state index in [9.17, 15) is 22.9 Å². The standard InChI is InChI=1S/C14H12FN5O4S/c15-10-1-3-11(4-2-10)25(23,24)8-7-16-12-5-6-13-17-9-14(20(21)22)19(13)18-12/h1-6,9H,7-8H2,(H,16,18). The Balaban J connectivity index is 1.71. The Labute approximate surface area is 141 Å². The van der Waals surface area contributed by atoms with Gasteiger partial charge in [0.1, 0.15) is 12.0 Å². The Morgan fingerprint density at radius 1 is 1.20 bits per heavy atom. The Hall–Kier alpha value is -3.08. The number of nitrogens with one attached hydrogen (secondary N) is 1. The molecule has 0 aliphatic heterocycles. The number of nitrogens with zero attached hydrogens (tertiary/aromatic N) is 4. The van der Waals surface area contributed by atoms with Crippen LogP contribution in [0.2, 0.25) is 0 Å². The maximum Gasteiger partial charge on any atom is 0.368 e. The van der Waals surface area contributed by atoms with E-state index in [1.54, 1.807) is 0 Å². The van der Waals surface area contributed by atoms with Gasteiger partial charge in [-0.2, -0.15) is 0 Å². The molecule has 0 spiro atoms. The SMILES string of the molecule is O=[N+]([O-])c1cnc2ccc(NCCS(=O)(=O)c3ccc(F)cc3)nn12. The monoisotopic (exact) mass is 365 g/mol. The second-order valence-corrected chi connectivity index (χ2v) is 7.17. The summed E-state index contributed by atoms with van der Waals surface area (Å²) in [5.74, 6) is -0.790. The predicted molar refractivity (Wildman–Crippen MR) is 86.6 cm³/mol. The largest absolute Gasteiger partial charge is 0.368 e. The first-order valence-corrected chi connectivity index (χ1v) is 8.73. The van der Waals surface area contributed by atoms with Gasteiger partial charge in [-0.05, 0) is 35.3 Å². The average molecular weight is 365 g/mol. The Kier molecular flexibility index (Phi) is 4.31. The highest BCUT2D eigenvalue weighted by molar-refractivity contribution is 7.91. The zero-order chi connectivity index (χ0) is 18.0. The van der Waals surface area contributed by atoms with E-state index in [0.29, 0.717) is 5.65 Å². The Morgan fingerprint density at radius 2 is 1.92 bits per heavy atom. The molecule has 0 unspecified atom stereocenters. The number of nitro groups is 1. The molecule has 0 atom stereocenters. The zero-order valence-electron chi connectivity index (χ0n) is 12.7. The van der Waals surface area contributed by atoms with Crippen LogP contribution in [-0.4, -0.2) is 40.2 Å². The molecule has 0 amide bonds. The molecule has 2 heterocycles. The molecule has 0 fully saturated rings. The van der Waals surface area contributed by atoms with Crippen molar-refractivity contribution < 1.29 is 17.7 Å². The van der Waals surface area contributed by atoms with E-state index in [2.05, 4.69) is 15.4 Å². The average Bonchev–Trinajstić information content (AvgIpc) is 2.98. The van der Waals surface area contributed by atoms with E-state index < -0.39 is 20.6 Å². The molecule has 0 radical (unpaired) electrons. The molecular weight excluding hydrogens is 353 g/mol. The van der Waals surface area contributed by atoms with Crippen LogP contribution in [0.25, 0.3) is 5.65 Å². The fraction of sp³-hybridized carbons (Fsp3) is 0.143. The van der Waals surface area contributed by atoms with Crippen molar-refractivity contribution in [2.45, 2.75) is 4.90 Å². The lowest BCUT2D eigenvalue weighted by Crippen LogP contribution is -2.17. The summed E-state index contributed by atoms with van der Waals surface area (Å²) in [6.07, 6.45) is 1.09. The minimum Gasteiger partial charge on any atom is -0.366 e. The van der Waals surface area contributed by atoms with Crippen LogP contribution in [0.15, 0.2) is 47.5 Å². The van der Waals surface area contributed by atoms with E-state index in [-0.39, 0.29) is 28.8 Å². The van der Waals surface area contributed by atoms with Gasteiger partial charge in [0.05, 0.1) is 10.6 Å². The third-order valence-electron chi connectivity index (χ3n) is 3.38. The molecule has 3 rings (SSSR count). The maximum absolute atomic E-state index is 12.9. The summed E-state index contributed by atoms with van der Waals surface area (Å²) in [5.41, 5.74) is 0.302. The van der Waals surface area contributed by atoms with E-state index in [0.717, 1.165) is 22.8 Å². The van der Waals surface area contributed by atoms with Gasteiger partial charge in [0, 0.05) is 12.6 Å². The molecule has 2 aromatic heterocycles. The summed E-state index contributed by atoms with van der Waals surface area (Å²) in [5, 5.41) is 17.7. The number of anilines is 1. The third-order valence-corrected chi connectivity index (χ3v) is 5.11. The van der Waals surface area contributed by atoms with Crippen LogP contribution in [0.3, 0.4) is 0 Å². The zero-order valence-corrected chi connectivity index (χ0v) is 13.5. The lowest BCUT2D eigenvalue weighted by molar-refractivity contribution is -0.391. The summed E-state index contributed by atoms with van der Waals surface area (Å²) in [4.78, 5) is 14.1. The van der Waals surface area contributed by atoms with E-state index in [1.807, 2.05) is 0 Å². The number of aromatic nitrogens is 3. The van der Waals surface area contributed by atoms with Crippen LogP contribution in [0.4, 0.5) is 16.0 Å². The molecule has 0 aliphatic rings. The molecule has 0 aliphatic carbocycles. The van der Waals surface area contributed by atoms with E-state index >= 15 is 0 Å². The van der Waals surface area contributed by atoms with Crippen molar-refractivity contribution in [1.82, 2.24) is 14.6 Å². The van der Waals surface area contributed by atoms with Gasteiger partial charge < -0.3 is 15.4 Å². The Morgan fingerprint density at radius 3 is 2.60 bits per heavy atom. The fourth-order valence-corrected chi connectivity index (χ4v) is 3.31. The van der Waals surface area contributed by atoms with Crippen LogP contribution in [0.5, 0.6) is 0 Å². The molecule has 9 nitrogen and oxygen atoms in total. The van der Waals surface area contributed by atoms with Crippen molar-refractivity contribution in [2.75, 3.05) is 17.6 Å². The molecule has 0 saturated carbocycles. The minimum atomic E-state index is -3.58. The van der Waals surface area contributed by atoms with Crippen molar-refractivity contribution in [2.24, 2.45) is 0 Å². The molecule has 11 heteroatoms. The van der Waals surface area contributed by atoms with Gasteiger partial charge in [-0.1, -0.05) is 9.61 Å². The number of hydrogen-bond acceptors (Lipinski definition) is 7. The van der Waals surface area contributed by atoms with Gasteiger partial charge >= 0.3 is 5.82 Å². The first-order chi connectivity index (χ1) is 11.9. The molecule has 130 valence electrons. The van der Waals surface area contributed by atoms with Crippen LogP contribution in [0.1, 0.15) is 0 Å². The Bertz CT molecular complexity index is 1030. The van der Waals surface area contributed by atoms with Gasteiger partial charge in [0.25, 0.3) is 0 Å². The number of sulfone groups is 1. The minimum absolute atomic E-state index is 0.0179. The van der Waals surface area contributed by atoms with Gasteiger partial charge in [0.15, 0.2) is 15.7 Å². The normalized spacial score (nSPS) is 11.6. The fourth-order valence-electron chi connectivity index (χ4n) is 2.15. The second kappa shape index (κ2) is 6.43. The van der Waals surface area contributed by atoms with Crippen LogP contribution in [-0.2, 0) is 9.84 Å². The maximum atomic E-state index is 12.9. The molecule has 0 saturated heterocycles. The molecule has 3 aromatic rings. The first-order valence-electron chi connectivity index (χ1n) is 7.08. The number of fused-ring (bicyclic) bond motifs is 1. The van der Waals surface area contributed by atoms with E-state index in [1.165, 1.54) is 24.3 Å². The summed E-state index contributed by atoms with van der Waals surface area (Å²) in [6.45, 7) is 0.0285. The van der Waals surface area contributed by atoms with Gasteiger partial charge in [-0.3, -0.25) is 0 Å². The second-order valence-electron chi connectivity index (χ2n) is 5.06. The molecule has 1 aromatic carbocycles. The van der Waals surface area contributed by atoms with Crippen molar-refractivity contribution in [1.29, 1.82) is 0 Å². The topological polar surface area (TPSA) is 119 Å². The molecular formula is C14H12FN5O4S. The third kappa shape index (κ3) is 3.55. The highest BCUT2D eigenvalue weighted by Crippen LogP contribution is 2.15. The molecule has 1 N–H and O–H groups in total. The van der Waals surface area contributed by atoms with Crippen molar-refractivity contribution in [3.63, 3.8) is 0 Å². The van der Waals surface area contributed by atoms with Crippen LogP contribution in [0, 0.1) is 15.9 Å². The highest BCUT2D eigenvalue weighted by Gasteiger charge is 2.17. The predicted octanol–water partition coefficient (Wildman–Crippen LogP) is 1.66. The first kappa shape index (κ1) is 16.8. The summed E-state index contributed by atoms with van der Waals surface area (Å²) >= 11 is 0. The lowest BCUT2D eigenvalue weighted by Gasteiger charge is -2.06. The van der Waals surface area contributed by atoms with Crippen LogP contribution >= 0.6 is 0 Å². The smallest absolute Gasteiger partial charge is 0.366 e. The number of hydrogen-bond donors (Lipinski definition) is 1.